The lowest BCUT2D eigenvalue weighted by Gasteiger charge is -2.23. The third kappa shape index (κ3) is 2.80. The third-order valence-corrected chi connectivity index (χ3v) is 4.16. The molecule has 1 aliphatic heterocycles. The van der Waals surface area contributed by atoms with E-state index in [0.29, 0.717) is 5.95 Å². The van der Waals surface area contributed by atoms with Gasteiger partial charge < -0.3 is 14.8 Å². The van der Waals surface area contributed by atoms with E-state index in [0.717, 1.165) is 28.3 Å². The molecule has 1 aromatic heterocycles. The van der Waals surface area contributed by atoms with Crippen LogP contribution in [-0.4, -0.2) is 34.4 Å². The van der Waals surface area contributed by atoms with Gasteiger partial charge in [-0.25, -0.2) is 0 Å². The molecule has 0 fully saturated rings. The molecule has 0 amide bonds. The van der Waals surface area contributed by atoms with Crippen LogP contribution in [0.5, 0.6) is 11.5 Å². The monoisotopic (exact) mass is 335 g/mol. The van der Waals surface area contributed by atoms with E-state index < -0.39 is 0 Å². The highest BCUT2D eigenvalue weighted by molar-refractivity contribution is 5.77. The first-order valence-electron chi connectivity index (χ1n) is 7.83. The number of fused-ring (bicyclic) bond motifs is 1. The van der Waals surface area contributed by atoms with E-state index >= 15 is 0 Å². The summed E-state index contributed by atoms with van der Waals surface area (Å²) in [4.78, 5) is 0. The predicted octanol–water partition coefficient (Wildman–Crippen LogP) is 2.75. The van der Waals surface area contributed by atoms with E-state index in [2.05, 4.69) is 26.9 Å². The molecule has 0 unspecified atom stereocenters. The van der Waals surface area contributed by atoms with Gasteiger partial charge in [0.05, 0.1) is 14.2 Å². The Morgan fingerprint density at radius 1 is 1.00 bits per heavy atom. The normalized spacial score (nSPS) is 15.8. The van der Waals surface area contributed by atoms with Crippen molar-refractivity contribution < 1.29 is 9.47 Å². The molecule has 0 saturated carbocycles. The molecule has 2 heterocycles. The van der Waals surface area contributed by atoms with Crippen LogP contribution in [0.25, 0.3) is 5.70 Å². The molecular formula is C18H17N5O2. The van der Waals surface area contributed by atoms with E-state index in [9.17, 15) is 0 Å². The third-order valence-electron chi connectivity index (χ3n) is 4.16. The molecule has 126 valence electrons. The Kier molecular flexibility index (Phi) is 3.81. The minimum Gasteiger partial charge on any atom is -0.497 e. The van der Waals surface area contributed by atoms with Crippen LogP contribution in [0, 0.1) is 0 Å². The molecule has 25 heavy (non-hydrogen) atoms. The zero-order valence-electron chi connectivity index (χ0n) is 13.9. The molecule has 0 radical (unpaired) electrons. The van der Waals surface area contributed by atoms with Gasteiger partial charge in [0, 0.05) is 5.70 Å². The SMILES string of the molecule is COc1ccc(C2=C[C@@H](c3cccc(OC)c3)n3nnnc3N2)cc1. The Morgan fingerprint density at radius 2 is 1.80 bits per heavy atom. The number of hydrogen-bond acceptors (Lipinski definition) is 6. The molecule has 0 saturated heterocycles. The smallest absolute Gasteiger partial charge is 0.248 e. The van der Waals surface area contributed by atoms with Gasteiger partial charge in [-0.3, -0.25) is 0 Å². The summed E-state index contributed by atoms with van der Waals surface area (Å²) < 4.78 is 12.3. The molecule has 2 aromatic carbocycles. The number of nitrogens with one attached hydrogen (secondary N) is 1. The van der Waals surface area contributed by atoms with Crippen molar-refractivity contribution in [1.29, 1.82) is 0 Å². The number of rotatable bonds is 4. The standard InChI is InChI=1S/C18H17N5O2/c1-24-14-8-6-12(7-9-14)16-11-17(23-18(19-16)20-21-22-23)13-4-3-5-15(10-13)25-2/h3-11,17H,1-2H3,(H,19,20,22)/t17-/m0/s1. The lowest BCUT2D eigenvalue weighted by Crippen LogP contribution is -2.20. The lowest BCUT2D eigenvalue weighted by molar-refractivity contribution is 0.413. The van der Waals surface area contributed by atoms with Crippen molar-refractivity contribution in [3.05, 3.63) is 65.7 Å². The van der Waals surface area contributed by atoms with Gasteiger partial charge >= 0.3 is 0 Å². The van der Waals surface area contributed by atoms with Crippen LogP contribution in [-0.2, 0) is 0 Å². The van der Waals surface area contributed by atoms with Gasteiger partial charge in [0.1, 0.15) is 17.5 Å². The maximum atomic E-state index is 5.34. The summed E-state index contributed by atoms with van der Waals surface area (Å²) >= 11 is 0. The van der Waals surface area contributed by atoms with Gasteiger partial charge in [0.2, 0.25) is 5.95 Å². The molecule has 4 rings (SSSR count). The number of benzene rings is 2. The molecule has 1 N–H and O–H groups in total. The summed E-state index contributed by atoms with van der Waals surface area (Å²) in [5.74, 6) is 2.21. The summed E-state index contributed by atoms with van der Waals surface area (Å²) in [7, 11) is 3.31. The molecular weight excluding hydrogens is 318 g/mol. The number of nitrogens with zero attached hydrogens (tertiary/aromatic N) is 4. The van der Waals surface area contributed by atoms with Gasteiger partial charge in [0.25, 0.3) is 0 Å². The van der Waals surface area contributed by atoms with Crippen LogP contribution in [0.1, 0.15) is 17.2 Å². The summed E-state index contributed by atoms with van der Waals surface area (Å²) in [6, 6.07) is 15.6. The number of methoxy groups -OCH3 is 2. The second-order valence-electron chi connectivity index (χ2n) is 5.60. The highest BCUT2D eigenvalue weighted by Gasteiger charge is 2.24. The fourth-order valence-electron chi connectivity index (χ4n) is 2.86. The average molecular weight is 335 g/mol. The second kappa shape index (κ2) is 6.27. The Morgan fingerprint density at radius 3 is 2.56 bits per heavy atom. The highest BCUT2D eigenvalue weighted by atomic mass is 16.5. The molecule has 1 atom stereocenters. The van der Waals surface area contributed by atoms with Crippen molar-refractivity contribution in [2.45, 2.75) is 6.04 Å². The number of aromatic nitrogens is 4. The van der Waals surface area contributed by atoms with E-state index in [1.807, 2.05) is 48.5 Å². The molecule has 0 aliphatic carbocycles. The van der Waals surface area contributed by atoms with Gasteiger partial charge in [-0.2, -0.15) is 4.68 Å². The molecule has 0 bridgehead atoms. The fourth-order valence-corrected chi connectivity index (χ4v) is 2.86. The summed E-state index contributed by atoms with van der Waals surface area (Å²) in [6.45, 7) is 0. The number of allylic oxidation sites excluding steroid dienone is 1. The average Bonchev–Trinajstić information content (AvgIpc) is 3.16. The summed E-state index contributed by atoms with van der Waals surface area (Å²) in [6.07, 6.45) is 2.10. The van der Waals surface area contributed by atoms with E-state index in [4.69, 9.17) is 9.47 Å². The van der Waals surface area contributed by atoms with E-state index in [-0.39, 0.29) is 6.04 Å². The van der Waals surface area contributed by atoms with Gasteiger partial charge in [-0.1, -0.05) is 17.2 Å². The first kappa shape index (κ1) is 15.2. The molecule has 0 spiro atoms. The minimum atomic E-state index is -0.126. The van der Waals surface area contributed by atoms with E-state index in [1.54, 1.807) is 18.9 Å². The zero-order valence-corrected chi connectivity index (χ0v) is 13.9. The van der Waals surface area contributed by atoms with Crippen molar-refractivity contribution in [1.82, 2.24) is 20.2 Å². The Labute approximate surface area is 144 Å². The molecule has 7 nitrogen and oxygen atoms in total. The number of ether oxygens (including phenoxy) is 2. The van der Waals surface area contributed by atoms with Crippen molar-refractivity contribution in [3.8, 4) is 11.5 Å². The fraction of sp³-hybridized carbons (Fsp3) is 0.167. The first-order chi connectivity index (χ1) is 12.3. The van der Waals surface area contributed by atoms with Crippen molar-refractivity contribution >= 4 is 11.6 Å². The zero-order chi connectivity index (χ0) is 17.2. The van der Waals surface area contributed by atoms with Crippen LogP contribution in [0.15, 0.2) is 54.6 Å². The minimum absolute atomic E-state index is 0.126. The van der Waals surface area contributed by atoms with E-state index in [1.165, 1.54) is 0 Å². The van der Waals surface area contributed by atoms with Crippen LogP contribution in [0.3, 0.4) is 0 Å². The number of anilines is 1. The Hall–Kier alpha value is -3.35. The highest BCUT2D eigenvalue weighted by Crippen LogP contribution is 2.33. The van der Waals surface area contributed by atoms with Crippen LogP contribution < -0.4 is 14.8 Å². The maximum absolute atomic E-state index is 5.34. The van der Waals surface area contributed by atoms with Crippen LogP contribution in [0.4, 0.5) is 5.95 Å². The lowest BCUT2D eigenvalue weighted by atomic mass is 10.0. The molecule has 3 aromatic rings. The Bertz CT molecular complexity index is 917. The molecule has 7 heteroatoms. The van der Waals surface area contributed by atoms with Crippen LogP contribution >= 0.6 is 0 Å². The Balaban J connectivity index is 1.77. The van der Waals surface area contributed by atoms with Crippen molar-refractivity contribution in [2.75, 3.05) is 19.5 Å². The predicted molar refractivity (Wildman–Crippen MR) is 93.5 cm³/mol. The summed E-state index contributed by atoms with van der Waals surface area (Å²) in [5.41, 5.74) is 3.01. The number of hydrogen-bond donors (Lipinski definition) is 1. The van der Waals surface area contributed by atoms with Crippen LogP contribution in [0.2, 0.25) is 0 Å². The second-order valence-corrected chi connectivity index (χ2v) is 5.60. The molecule has 1 aliphatic rings. The quantitative estimate of drug-likeness (QED) is 0.790. The summed E-state index contributed by atoms with van der Waals surface area (Å²) in [5, 5.41) is 15.3. The van der Waals surface area contributed by atoms with Crippen molar-refractivity contribution in [3.63, 3.8) is 0 Å². The van der Waals surface area contributed by atoms with Gasteiger partial charge in [-0.15, -0.1) is 0 Å². The largest absolute Gasteiger partial charge is 0.497 e. The van der Waals surface area contributed by atoms with Gasteiger partial charge in [-0.05, 0) is 64.0 Å². The maximum Gasteiger partial charge on any atom is 0.248 e. The first-order valence-corrected chi connectivity index (χ1v) is 7.83. The van der Waals surface area contributed by atoms with Crippen molar-refractivity contribution in [2.24, 2.45) is 0 Å². The van der Waals surface area contributed by atoms with Gasteiger partial charge in [0.15, 0.2) is 0 Å². The number of tetrazole rings is 1. The topological polar surface area (TPSA) is 74.1 Å².